The lowest BCUT2D eigenvalue weighted by Gasteiger charge is -2.39. The molecule has 1 saturated heterocycles. The average Bonchev–Trinajstić information content (AvgIpc) is 3.44. The fourth-order valence-corrected chi connectivity index (χ4v) is 8.80. The number of nitrogens with zero attached hydrogens (tertiary/aromatic N) is 4. The van der Waals surface area contributed by atoms with Crippen LogP contribution in [0.4, 0.5) is 4.79 Å². The molecule has 3 aromatic carbocycles. The third kappa shape index (κ3) is 9.64. The number of sulfonamides is 2. The molecule has 0 bridgehead atoms. The van der Waals surface area contributed by atoms with Crippen LogP contribution in [-0.4, -0.2) is 101 Å². The number of carbonyl (C=O) groups excluding carboxylic acids is 1. The summed E-state index contributed by atoms with van der Waals surface area (Å²) in [6, 6.07) is 16.2. The molecule has 0 spiro atoms. The Morgan fingerprint density at radius 3 is 2.04 bits per heavy atom. The lowest BCUT2D eigenvalue weighted by atomic mass is 9.93. The molecule has 1 fully saturated rings. The summed E-state index contributed by atoms with van der Waals surface area (Å²) in [4.78, 5) is 25.7. The molecule has 2 aliphatic rings. The summed E-state index contributed by atoms with van der Waals surface area (Å²) in [5.74, 6) is 0.654. The minimum Gasteiger partial charge on any atom is -0.493 e. The highest BCUT2D eigenvalue weighted by atomic mass is 35.5. The number of benzene rings is 3. The lowest BCUT2D eigenvalue weighted by Crippen LogP contribution is -2.54. The Kier molecular flexibility index (Phi) is 12.3. The molecular weight excluding hydrogens is 747 g/mol. The van der Waals surface area contributed by atoms with E-state index in [0.29, 0.717) is 59.6 Å². The van der Waals surface area contributed by atoms with Crippen molar-refractivity contribution in [1.82, 2.24) is 24.1 Å². The van der Waals surface area contributed by atoms with Gasteiger partial charge >= 0.3 is 6.03 Å². The molecule has 5 rings (SSSR count). The molecule has 16 heteroatoms. The Balaban J connectivity index is 1.64. The zero-order valence-corrected chi connectivity index (χ0v) is 33.3. The smallest absolute Gasteiger partial charge is 0.326 e. The second kappa shape index (κ2) is 16.0. The van der Waals surface area contributed by atoms with Crippen molar-refractivity contribution in [3.05, 3.63) is 93.0 Å². The van der Waals surface area contributed by atoms with E-state index in [2.05, 4.69) is 14.3 Å². The number of carbonyl (C=O) groups is 1. The van der Waals surface area contributed by atoms with Crippen LogP contribution in [0.1, 0.15) is 62.0 Å². The summed E-state index contributed by atoms with van der Waals surface area (Å²) in [6.07, 6.45) is 1.12. The van der Waals surface area contributed by atoms with Crippen LogP contribution >= 0.6 is 23.2 Å². The Morgan fingerprint density at radius 2 is 1.50 bits per heavy atom. The standard InChI is InChI=1S/C36H46Cl2N6O6S2/c1-7-50-30-22-24(2)31(52(48,49)41-36(3,4)5)23-29(30)34-40-32(25-8-12-27(37)13-9-25)33(26-10-14-28(38)15-11-26)44(34)35(45)43-20-18-42(19-21-43)17-16-39-51(6,46)47/h8-15,22-23,32-33,39,41H,7,16-21H2,1-6H3/t32-,33+/m0/s1. The molecule has 0 unspecified atom stereocenters. The highest BCUT2D eigenvalue weighted by Gasteiger charge is 2.45. The number of rotatable bonds is 11. The van der Waals surface area contributed by atoms with Crippen LogP contribution in [0, 0.1) is 6.92 Å². The van der Waals surface area contributed by atoms with Crippen molar-refractivity contribution in [3.63, 3.8) is 0 Å². The summed E-state index contributed by atoms with van der Waals surface area (Å²) in [6.45, 7) is 11.7. The van der Waals surface area contributed by atoms with Gasteiger partial charge in [-0.25, -0.2) is 31.1 Å². The fourth-order valence-electron chi connectivity index (χ4n) is 6.42. The van der Waals surface area contributed by atoms with E-state index in [1.807, 2.05) is 31.2 Å². The maximum atomic E-state index is 15.0. The predicted octanol–water partition coefficient (Wildman–Crippen LogP) is 5.61. The highest BCUT2D eigenvalue weighted by Crippen LogP contribution is 2.46. The normalized spacial score (nSPS) is 18.8. The number of urea groups is 1. The van der Waals surface area contributed by atoms with Crippen molar-refractivity contribution in [2.24, 2.45) is 4.99 Å². The summed E-state index contributed by atoms with van der Waals surface area (Å²) >= 11 is 12.6. The summed E-state index contributed by atoms with van der Waals surface area (Å²) < 4.78 is 62.2. The van der Waals surface area contributed by atoms with Crippen molar-refractivity contribution >= 4 is 55.1 Å². The van der Waals surface area contributed by atoms with Crippen LogP contribution in [0.2, 0.25) is 10.0 Å². The first-order valence-corrected chi connectivity index (χ1v) is 21.2. The Bertz CT molecular complexity index is 2010. The number of aliphatic imine (C=N–C) groups is 1. The number of amides is 2. The van der Waals surface area contributed by atoms with Gasteiger partial charge < -0.3 is 9.64 Å². The summed E-state index contributed by atoms with van der Waals surface area (Å²) in [5.41, 5.74) is 1.66. The van der Waals surface area contributed by atoms with Gasteiger partial charge in [-0.05, 0) is 87.7 Å². The Morgan fingerprint density at radius 1 is 0.923 bits per heavy atom. The van der Waals surface area contributed by atoms with Gasteiger partial charge in [0, 0.05) is 54.9 Å². The number of halogens is 2. The molecule has 2 N–H and O–H groups in total. The number of aryl methyl sites for hydroxylation is 1. The number of hydrogen-bond acceptors (Lipinski definition) is 8. The van der Waals surface area contributed by atoms with Gasteiger partial charge in [-0.1, -0.05) is 47.5 Å². The molecule has 2 aliphatic heterocycles. The number of piperazine rings is 1. The molecule has 3 aromatic rings. The minimum absolute atomic E-state index is 0.0466. The van der Waals surface area contributed by atoms with Gasteiger partial charge in [-0.3, -0.25) is 14.8 Å². The number of amidine groups is 1. The van der Waals surface area contributed by atoms with Gasteiger partial charge in [0.25, 0.3) is 0 Å². The van der Waals surface area contributed by atoms with Gasteiger partial charge in [0.05, 0.1) is 29.4 Å². The third-order valence-electron chi connectivity index (χ3n) is 8.68. The first-order chi connectivity index (χ1) is 24.4. The molecule has 2 heterocycles. The summed E-state index contributed by atoms with van der Waals surface area (Å²) in [7, 11) is -7.33. The molecule has 0 saturated carbocycles. The first kappa shape index (κ1) is 40.0. The van der Waals surface area contributed by atoms with Gasteiger partial charge in [0.1, 0.15) is 17.6 Å². The second-order valence-electron chi connectivity index (χ2n) is 14.0. The lowest BCUT2D eigenvalue weighted by molar-refractivity contribution is 0.120. The van der Waals surface area contributed by atoms with Crippen LogP contribution in [0.25, 0.3) is 0 Å². The molecule has 0 aliphatic carbocycles. The molecule has 2 amide bonds. The number of ether oxygens (including phenoxy) is 1. The van der Waals surface area contributed by atoms with Crippen molar-refractivity contribution in [2.75, 3.05) is 52.1 Å². The average molecular weight is 794 g/mol. The van der Waals surface area contributed by atoms with E-state index in [0.717, 1.165) is 17.4 Å². The van der Waals surface area contributed by atoms with Crippen LogP contribution in [-0.2, 0) is 20.0 Å². The van der Waals surface area contributed by atoms with Crippen molar-refractivity contribution < 1.29 is 26.4 Å². The Hall–Kier alpha value is -3.24. The predicted molar refractivity (Wildman–Crippen MR) is 205 cm³/mol. The van der Waals surface area contributed by atoms with Crippen LogP contribution in [0.3, 0.4) is 0 Å². The van der Waals surface area contributed by atoms with Crippen molar-refractivity contribution in [1.29, 1.82) is 0 Å². The van der Waals surface area contributed by atoms with Gasteiger partial charge in [-0.15, -0.1) is 0 Å². The molecule has 0 aromatic heterocycles. The number of nitrogens with one attached hydrogen (secondary N) is 2. The molecule has 2 atom stereocenters. The van der Waals surface area contributed by atoms with Crippen molar-refractivity contribution in [3.8, 4) is 5.75 Å². The largest absolute Gasteiger partial charge is 0.493 e. The maximum absolute atomic E-state index is 15.0. The topological polar surface area (TPSA) is 141 Å². The highest BCUT2D eigenvalue weighted by molar-refractivity contribution is 7.89. The van der Waals surface area contributed by atoms with Crippen LogP contribution in [0.15, 0.2) is 70.6 Å². The van der Waals surface area contributed by atoms with E-state index in [4.69, 9.17) is 32.9 Å². The van der Waals surface area contributed by atoms with Crippen LogP contribution in [0.5, 0.6) is 5.75 Å². The second-order valence-corrected chi connectivity index (χ2v) is 18.4. The van der Waals surface area contributed by atoms with Crippen LogP contribution < -0.4 is 14.2 Å². The molecule has 0 radical (unpaired) electrons. The first-order valence-electron chi connectivity index (χ1n) is 17.0. The van der Waals surface area contributed by atoms with E-state index < -0.39 is 37.7 Å². The fraction of sp³-hybridized carbons (Fsp3) is 0.444. The van der Waals surface area contributed by atoms with E-state index in [1.54, 1.807) is 73.9 Å². The summed E-state index contributed by atoms with van der Waals surface area (Å²) in [5, 5.41) is 1.08. The third-order valence-corrected chi connectivity index (χ3v) is 11.8. The quantitative estimate of drug-likeness (QED) is 0.257. The number of hydrogen-bond donors (Lipinski definition) is 2. The minimum atomic E-state index is -4.01. The molecule has 282 valence electrons. The zero-order valence-electron chi connectivity index (χ0n) is 30.2. The monoisotopic (exact) mass is 792 g/mol. The maximum Gasteiger partial charge on any atom is 0.326 e. The van der Waals surface area contributed by atoms with Gasteiger partial charge in [-0.2, -0.15) is 0 Å². The van der Waals surface area contributed by atoms with Gasteiger partial charge in [0.2, 0.25) is 20.0 Å². The zero-order chi connectivity index (χ0) is 38.0. The van der Waals surface area contributed by atoms with E-state index in [9.17, 15) is 21.6 Å². The Labute approximate surface area is 317 Å². The molecule has 52 heavy (non-hydrogen) atoms. The van der Waals surface area contributed by atoms with E-state index in [1.165, 1.54) is 0 Å². The molecular formula is C36H46Cl2N6O6S2. The molecule has 12 nitrogen and oxygen atoms in total. The van der Waals surface area contributed by atoms with E-state index >= 15 is 0 Å². The SMILES string of the molecule is CCOc1cc(C)c(S(=O)(=O)NC(C)(C)C)cc1C1=N[C@@H](c2ccc(Cl)cc2)[C@@H](c2ccc(Cl)cc2)N1C(=O)N1CCN(CCNS(C)(=O)=O)CC1. The van der Waals surface area contributed by atoms with E-state index in [-0.39, 0.29) is 29.9 Å². The van der Waals surface area contributed by atoms with Gasteiger partial charge in [0.15, 0.2) is 0 Å². The van der Waals surface area contributed by atoms with Crippen molar-refractivity contribution in [2.45, 2.75) is 57.1 Å².